The number of halogens is 2. The highest BCUT2D eigenvalue weighted by Gasteiger charge is 2.54. The van der Waals surface area contributed by atoms with Crippen molar-refractivity contribution in [2.75, 3.05) is 20.8 Å². The van der Waals surface area contributed by atoms with Gasteiger partial charge < -0.3 is 19.9 Å². The zero-order valence-corrected chi connectivity index (χ0v) is 15.6. The number of hydrogen-bond acceptors (Lipinski definition) is 5. The van der Waals surface area contributed by atoms with Crippen LogP contribution in [0.3, 0.4) is 0 Å². The van der Waals surface area contributed by atoms with E-state index in [9.17, 15) is 23.9 Å². The van der Waals surface area contributed by atoms with Gasteiger partial charge in [-0.15, -0.1) is 0 Å². The molecule has 2 N–H and O–H groups in total. The number of carboxylic acids is 1. The Labute approximate surface area is 156 Å². The van der Waals surface area contributed by atoms with Crippen LogP contribution in [0, 0.1) is 28.4 Å². The van der Waals surface area contributed by atoms with Gasteiger partial charge in [-0.2, -0.15) is 9.65 Å². The van der Waals surface area contributed by atoms with Gasteiger partial charge in [-0.25, -0.2) is 4.39 Å². The highest BCUT2D eigenvalue weighted by atomic mass is 19.2. The third-order valence-corrected chi connectivity index (χ3v) is 5.19. The Bertz CT molecular complexity index is 819. The summed E-state index contributed by atoms with van der Waals surface area (Å²) < 4.78 is 38.1. The molecule has 1 aliphatic rings. The smallest absolute Gasteiger partial charge is 0.312 e. The van der Waals surface area contributed by atoms with E-state index >= 15 is 0 Å². The molecule has 1 aromatic rings. The number of rotatable bonds is 6. The third-order valence-electron chi connectivity index (χ3n) is 5.19. The zero-order valence-electron chi connectivity index (χ0n) is 15.6. The largest absolute Gasteiger partial charge is 0.493 e. The van der Waals surface area contributed by atoms with E-state index in [1.54, 1.807) is 6.92 Å². The second kappa shape index (κ2) is 7.92. The van der Waals surface area contributed by atoms with E-state index in [0.717, 1.165) is 6.07 Å². The highest BCUT2D eigenvalue weighted by molar-refractivity contribution is 5.79. The van der Waals surface area contributed by atoms with Crippen LogP contribution in [0.5, 0.6) is 5.75 Å². The minimum Gasteiger partial charge on any atom is -0.493 e. The lowest BCUT2D eigenvalue weighted by Crippen LogP contribution is -2.55. The van der Waals surface area contributed by atoms with Crippen molar-refractivity contribution in [2.24, 2.45) is 5.41 Å². The van der Waals surface area contributed by atoms with Gasteiger partial charge >= 0.3 is 5.97 Å². The summed E-state index contributed by atoms with van der Waals surface area (Å²) in [6.07, 6.45) is 0.345. The van der Waals surface area contributed by atoms with Crippen molar-refractivity contribution in [3.63, 3.8) is 0 Å². The van der Waals surface area contributed by atoms with Crippen molar-refractivity contribution in [3.05, 3.63) is 40.6 Å². The Morgan fingerprint density at radius 1 is 1.41 bits per heavy atom. The van der Waals surface area contributed by atoms with Crippen molar-refractivity contribution >= 4 is 5.97 Å². The number of nitrogens with one attached hydrogen (secondary N) is 1. The van der Waals surface area contributed by atoms with E-state index < -0.39 is 40.7 Å². The maximum absolute atomic E-state index is 14.3. The average molecular weight is 380 g/mol. The SMILES string of the molecule is COCCC1NC(C)=C(C#N)C(c2ccc(F)c(F)c2OC)C1(C)C(=O)O. The van der Waals surface area contributed by atoms with Crippen LogP contribution in [-0.4, -0.2) is 37.9 Å². The predicted molar refractivity (Wildman–Crippen MR) is 93.1 cm³/mol. The monoisotopic (exact) mass is 380 g/mol. The molecule has 0 saturated heterocycles. The van der Waals surface area contributed by atoms with Gasteiger partial charge in [0.25, 0.3) is 0 Å². The molecule has 1 heterocycles. The number of hydrogen-bond donors (Lipinski definition) is 2. The Balaban J connectivity index is 2.79. The standard InChI is InChI=1S/C19H22F2N2O4/c1-10-12(9-22)15(11-5-6-13(20)16(21)17(11)27-4)19(2,18(24)25)14(23-10)7-8-26-3/h5-6,14-15,23H,7-8H2,1-4H3,(H,24,25). The molecule has 0 fully saturated rings. The van der Waals surface area contributed by atoms with E-state index in [0.29, 0.717) is 12.1 Å². The maximum atomic E-state index is 14.3. The lowest BCUT2D eigenvalue weighted by molar-refractivity contribution is -0.151. The molecular formula is C19H22F2N2O4. The van der Waals surface area contributed by atoms with Crippen molar-refractivity contribution in [1.29, 1.82) is 5.26 Å². The number of benzene rings is 1. The van der Waals surface area contributed by atoms with E-state index in [2.05, 4.69) is 5.32 Å². The lowest BCUT2D eigenvalue weighted by Gasteiger charge is -2.45. The molecule has 0 aromatic heterocycles. The number of nitriles is 1. The number of carboxylic acid groups (broad SMARTS) is 1. The van der Waals surface area contributed by atoms with Crippen LogP contribution < -0.4 is 10.1 Å². The van der Waals surface area contributed by atoms with Crippen LogP contribution in [0.2, 0.25) is 0 Å². The third kappa shape index (κ3) is 3.35. The molecule has 1 aromatic carbocycles. The Morgan fingerprint density at radius 2 is 2.07 bits per heavy atom. The number of aliphatic carboxylic acids is 1. The molecule has 0 aliphatic carbocycles. The molecule has 146 valence electrons. The first-order valence-corrected chi connectivity index (χ1v) is 8.35. The molecule has 27 heavy (non-hydrogen) atoms. The summed E-state index contributed by atoms with van der Waals surface area (Å²) in [5.41, 5.74) is -0.797. The van der Waals surface area contributed by atoms with Crippen LogP contribution in [0.4, 0.5) is 8.78 Å². The van der Waals surface area contributed by atoms with E-state index in [-0.39, 0.29) is 17.7 Å². The summed E-state index contributed by atoms with van der Waals surface area (Å²) in [5, 5.41) is 22.8. The average Bonchev–Trinajstić information content (AvgIpc) is 2.63. The fraction of sp³-hybridized carbons (Fsp3) is 0.474. The number of allylic oxidation sites excluding steroid dienone is 2. The topological polar surface area (TPSA) is 91.6 Å². The molecule has 3 atom stereocenters. The fourth-order valence-corrected chi connectivity index (χ4v) is 3.70. The molecular weight excluding hydrogens is 358 g/mol. The van der Waals surface area contributed by atoms with Gasteiger partial charge in [0.15, 0.2) is 11.6 Å². The summed E-state index contributed by atoms with van der Waals surface area (Å²) in [6, 6.07) is 3.60. The Hall–Kier alpha value is -2.66. The molecule has 0 radical (unpaired) electrons. The maximum Gasteiger partial charge on any atom is 0.312 e. The first-order valence-electron chi connectivity index (χ1n) is 8.35. The van der Waals surface area contributed by atoms with Crippen LogP contribution >= 0.6 is 0 Å². The van der Waals surface area contributed by atoms with E-state index in [1.165, 1.54) is 27.2 Å². The van der Waals surface area contributed by atoms with Crippen molar-refractivity contribution in [1.82, 2.24) is 5.32 Å². The molecule has 1 aliphatic heterocycles. The molecule has 8 heteroatoms. The van der Waals surface area contributed by atoms with Crippen molar-refractivity contribution < 1.29 is 28.2 Å². The number of ether oxygens (including phenoxy) is 2. The van der Waals surface area contributed by atoms with E-state index in [4.69, 9.17) is 9.47 Å². The van der Waals surface area contributed by atoms with Gasteiger partial charge in [0.05, 0.1) is 24.2 Å². The number of methoxy groups -OCH3 is 2. The molecule has 0 bridgehead atoms. The minimum atomic E-state index is -1.53. The minimum absolute atomic E-state index is 0.112. The molecule has 6 nitrogen and oxygen atoms in total. The molecule has 0 saturated carbocycles. The molecule has 0 spiro atoms. The summed E-state index contributed by atoms with van der Waals surface area (Å²) in [5.74, 6) is -4.94. The Morgan fingerprint density at radius 3 is 2.59 bits per heavy atom. The van der Waals surface area contributed by atoms with Gasteiger partial charge in [0.2, 0.25) is 5.82 Å². The van der Waals surface area contributed by atoms with Gasteiger partial charge in [-0.05, 0) is 26.3 Å². The summed E-state index contributed by atoms with van der Waals surface area (Å²) >= 11 is 0. The van der Waals surface area contributed by atoms with Gasteiger partial charge in [0.1, 0.15) is 0 Å². The van der Waals surface area contributed by atoms with Crippen LogP contribution in [-0.2, 0) is 9.53 Å². The summed E-state index contributed by atoms with van der Waals surface area (Å²) in [7, 11) is 2.67. The quantitative estimate of drug-likeness (QED) is 0.788. The predicted octanol–water partition coefficient (Wildman–Crippen LogP) is 2.95. The number of nitrogens with zero attached hydrogens (tertiary/aromatic N) is 1. The van der Waals surface area contributed by atoms with Gasteiger partial charge in [-0.1, -0.05) is 6.07 Å². The molecule has 3 unspecified atom stereocenters. The first-order chi connectivity index (χ1) is 12.7. The second-order valence-electron chi connectivity index (χ2n) is 6.63. The second-order valence-corrected chi connectivity index (χ2v) is 6.63. The van der Waals surface area contributed by atoms with Crippen LogP contribution in [0.25, 0.3) is 0 Å². The zero-order chi connectivity index (χ0) is 20.4. The number of carbonyl (C=O) groups is 1. The van der Waals surface area contributed by atoms with Gasteiger partial charge in [-0.3, -0.25) is 4.79 Å². The fourth-order valence-electron chi connectivity index (χ4n) is 3.70. The van der Waals surface area contributed by atoms with Gasteiger partial charge in [0, 0.05) is 36.9 Å². The van der Waals surface area contributed by atoms with E-state index in [1.807, 2.05) is 6.07 Å². The molecule has 0 amide bonds. The normalized spacial score (nSPS) is 24.9. The van der Waals surface area contributed by atoms with Crippen molar-refractivity contribution in [3.8, 4) is 11.8 Å². The lowest BCUT2D eigenvalue weighted by atomic mass is 9.62. The first kappa shape index (κ1) is 20.6. The van der Waals surface area contributed by atoms with Crippen molar-refractivity contribution in [2.45, 2.75) is 32.2 Å². The Kier molecular flexibility index (Phi) is 6.06. The summed E-state index contributed by atoms with van der Waals surface area (Å²) in [4.78, 5) is 12.3. The summed E-state index contributed by atoms with van der Waals surface area (Å²) in [6.45, 7) is 3.42. The molecule has 2 rings (SSSR count). The highest BCUT2D eigenvalue weighted by Crippen LogP contribution is 2.51. The van der Waals surface area contributed by atoms with Crippen LogP contribution in [0.1, 0.15) is 31.7 Å². The van der Waals surface area contributed by atoms with Crippen LogP contribution in [0.15, 0.2) is 23.4 Å².